The quantitative estimate of drug-likeness (QED) is 0.484. The van der Waals surface area contributed by atoms with E-state index in [1.165, 1.54) is 20.0 Å². The summed E-state index contributed by atoms with van der Waals surface area (Å²) in [5, 5.41) is 3.41. The Balaban J connectivity index is 1.50. The SMILES string of the molecule is CN=C(NCc1ccnc(OC2CCCC2)c1)N1CCC(C(=O)OC)CC1. The van der Waals surface area contributed by atoms with E-state index < -0.39 is 0 Å². The molecule has 1 aliphatic carbocycles. The van der Waals surface area contributed by atoms with E-state index in [1.807, 2.05) is 12.1 Å². The van der Waals surface area contributed by atoms with E-state index in [0.29, 0.717) is 18.5 Å². The predicted octanol–water partition coefficient (Wildman–Crippen LogP) is 2.36. The number of aliphatic imine (C=N–C) groups is 1. The van der Waals surface area contributed by atoms with Crippen LogP contribution in [0.15, 0.2) is 23.3 Å². The number of carbonyl (C=O) groups excluding carboxylic acids is 1. The van der Waals surface area contributed by atoms with E-state index in [0.717, 1.165) is 50.3 Å². The largest absolute Gasteiger partial charge is 0.474 e. The van der Waals surface area contributed by atoms with Crippen molar-refractivity contribution in [2.24, 2.45) is 10.9 Å². The first-order valence-electron chi connectivity index (χ1n) is 9.84. The Bertz CT molecular complexity index is 650. The minimum atomic E-state index is -0.107. The van der Waals surface area contributed by atoms with Gasteiger partial charge in [0.05, 0.1) is 13.0 Å². The summed E-state index contributed by atoms with van der Waals surface area (Å²) in [5.74, 6) is 1.45. The zero-order valence-electron chi connectivity index (χ0n) is 16.3. The molecule has 0 aromatic carbocycles. The molecule has 1 aromatic rings. The number of nitrogens with one attached hydrogen (secondary N) is 1. The summed E-state index contributed by atoms with van der Waals surface area (Å²) < 4.78 is 10.8. The maximum absolute atomic E-state index is 11.7. The fourth-order valence-corrected chi connectivity index (χ4v) is 3.81. The van der Waals surface area contributed by atoms with Crippen LogP contribution in [0.5, 0.6) is 5.88 Å². The Morgan fingerprint density at radius 2 is 2.04 bits per heavy atom. The molecular formula is C20H30N4O3. The van der Waals surface area contributed by atoms with Crippen LogP contribution in [-0.2, 0) is 16.1 Å². The molecule has 0 unspecified atom stereocenters. The molecule has 0 radical (unpaired) electrons. The highest BCUT2D eigenvalue weighted by Gasteiger charge is 2.27. The average Bonchev–Trinajstić information content (AvgIpc) is 3.21. The number of piperidine rings is 1. The van der Waals surface area contributed by atoms with Crippen LogP contribution in [0.2, 0.25) is 0 Å². The van der Waals surface area contributed by atoms with Gasteiger partial charge in [0, 0.05) is 38.9 Å². The number of likely N-dealkylation sites (tertiary alicyclic amines) is 1. The van der Waals surface area contributed by atoms with E-state index in [-0.39, 0.29) is 11.9 Å². The van der Waals surface area contributed by atoms with E-state index >= 15 is 0 Å². The number of methoxy groups -OCH3 is 1. The lowest BCUT2D eigenvalue weighted by atomic mass is 9.97. The summed E-state index contributed by atoms with van der Waals surface area (Å²) >= 11 is 0. The van der Waals surface area contributed by atoms with E-state index in [4.69, 9.17) is 9.47 Å². The smallest absolute Gasteiger partial charge is 0.308 e. The number of carbonyl (C=O) groups is 1. The van der Waals surface area contributed by atoms with Gasteiger partial charge < -0.3 is 19.7 Å². The number of nitrogens with zero attached hydrogens (tertiary/aromatic N) is 3. The third-order valence-corrected chi connectivity index (χ3v) is 5.38. The van der Waals surface area contributed by atoms with Gasteiger partial charge in [-0.15, -0.1) is 0 Å². The van der Waals surface area contributed by atoms with E-state index in [9.17, 15) is 4.79 Å². The van der Waals surface area contributed by atoms with Crippen molar-refractivity contribution in [2.75, 3.05) is 27.2 Å². The van der Waals surface area contributed by atoms with Gasteiger partial charge in [0.1, 0.15) is 6.10 Å². The molecule has 0 atom stereocenters. The van der Waals surface area contributed by atoms with E-state index in [2.05, 4.69) is 20.2 Å². The van der Waals surface area contributed by atoms with Crippen LogP contribution in [0.4, 0.5) is 0 Å². The molecule has 2 heterocycles. The van der Waals surface area contributed by atoms with Crippen molar-refractivity contribution in [3.8, 4) is 5.88 Å². The van der Waals surface area contributed by atoms with E-state index in [1.54, 1.807) is 13.2 Å². The van der Waals surface area contributed by atoms with Crippen LogP contribution in [-0.4, -0.2) is 55.2 Å². The van der Waals surface area contributed by atoms with Gasteiger partial charge in [-0.3, -0.25) is 9.79 Å². The molecule has 7 heteroatoms. The first-order valence-corrected chi connectivity index (χ1v) is 9.84. The van der Waals surface area contributed by atoms with Gasteiger partial charge in [-0.05, 0) is 50.2 Å². The summed E-state index contributed by atoms with van der Waals surface area (Å²) in [6.07, 6.45) is 8.43. The van der Waals surface area contributed by atoms with Crippen molar-refractivity contribution in [2.45, 2.75) is 51.2 Å². The molecule has 1 aliphatic heterocycles. The van der Waals surface area contributed by atoms with Crippen LogP contribution in [0.1, 0.15) is 44.1 Å². The third-order valence-electron chi connectivity index (χ3n) is 5.38. The lowest BCUT2D eigenvalue weighted by Gasteiger charge is -2.33. The number of hydrogen-bond acceptors (Lipinski definition) is 5. The number of ether oxygens (including phenoxy) is 2. The van der Waals surface area contributed by atoms with Gasteiger partial charge in [0.2, 0.25) is 5.88 Å². The Hall–Kier alpha value is -2.31. The average molecular weight is 374 g/mol. The second-order valence-corrected chi connectivity index (χ2v) is 7.21. The highest BCUT2D eigenvalue weighted by atomic mass is 16.5. The molecule has 27 heavy (non-hydrogen) atoms. The van der Waals surface area contributed by atoms with Crippen LogP contribution in [0.3, 0.4) is 0 Å². The summed E-state index contributed by atoms with van der Waals surface area (Å²) in [6, 6.07) is 3.99. The Labute approximate surface area is 161 Å². The number of hydrogen-bond donors (Lipinski definition) is 1. The van der Waals surface area contributed by atoms with Crippen molar-refractivity contribution in [1.29, 1.82) is 0 Å². The summed E-state index contributed by atoms with van der Waals surface area (Å²) in [6.45, 7) is 2.25. The van der Waals surface area contributed by atoms with Gasteiger partial charge in [-0.2, -0.15) is 0 Å². The third kappa shape index (κ3) is 5.34. The number of esters is 1. The molecule has 2 aliphatic rings. The van der Waals surface area contributed by atoms with Gasteiger partial charge >= 0.3 is 5.97 Å². The lowest BCUT2D eigenvalue weighted by molar-refractivity contribution is -0.146. The van der Waals surface area contributed by atoms with Crippen molar-refractivity contribution >= 4 is 11.9 Å². The fraction of sp³-hybridized carbons (Fsp3) is 0.650. The molecule has 2 fully saturated rings. The predicted molar refractivity (Wildman–Crippen MR) is 104 cm³/mol. The van der Waals surface area contributed by atoms with Crippen LogP contribution >= 0.6 is 0 Å². The van der Waals surface area contributed by atoms with Crippen LogP contribution in [0.25, 0.3) is 0 Å². The molecule has 1 saturated carbocycles. The zero-order valence-corrected chi connectivity index (χ0v) is 16.3. The normalized spacial score (nSPS) is 19.2. The molecule has 1 saturated heterocycles. The number of guanidine groups is 1. The molecule has 148 valence electrons. The summed E-state index contributed by atoms with van der Waals surface area (Å²) in [5.41, 5.74) is 1.11. The first-order chi connectivity index (χ1) is 13.2. The highest BCUT2D eigenvalue weighted by molar-refractivity contribution is 5.80. The maximum atomic E-state index is 11.7. The number of rotatable bonds is 5. The topological polar surface area (TPSA) is 76.1 Å². The minimum Gasteiger partial charge on any atom is -0.474 e. The molecular weight excluding hydrogens is 344 g/mol. The van der Waals surface area contributed by atoms with Crippen LogP contribution < -0.4 is 10.1 Å². The zero-order chi connectivity index (χ0) is 19.1. The molecule has 1 aromatic heterocycles. The summed E-state index contributed by atoms with van der Waals surface area (Å²) in [4.78, 5) is 22.6. The van der Waals surface area contributed by atoms with Gasteiger partial charge in [0.15, 0.2) is 5.96 Å². The monoisotopic (exact) mass is 374 g/mol. The molecule has 0 bridgehead atoms. The fourth-order valence-electron chi connectivity index (χ4n) is 3.81. The molecule has 0 amide bonds. The maximum Gasteiger partial charge on any atom is 0.308 e. The standard InChI is InChI=1S/C20H30N4O3/c1-21-20(24-11-8-16(9-12-24)19(25)26-2)23-14-15-7-10-22-18(13-15)27-17-5-3-4-6-17/h7,10,13,16-17H,3-6,8-9,11-12,14H2,1-2H3,(H,21,23). The second-order valence-electron chi connectivity index (χ2n) is 7.21. The molecule has 7 nitrogen and oxygen atoms in total. The van der Waals surface area contributed by atoms with Crippen LogP contribution in [0, 0.1) is 5.92 Å². The molecule has 0 spiro atoms. The number of pyridine rings is 1. The molecule has 1 N–H and O–H groups in total. The van der Waals surface area contributed by atoms with Gasteiger partial charge in [-0.1, -0.05) is 0 Å². The first kappa shape index (κ1) is 19.5. The molecule has 3 rings (SSSR count). The van der Waals surface area contributed by atoms with Gasteiger partial charge in [-0.25, -0.2) is 4.98 Å². The Kier molecular flexibility index (Phi) is 6.90. The van der Waals surface area contributed by atoms with Crippen molar-refractivity contribution in [3.05, 3.63) is 23.9 Å². The minimum absolute atomic E-state index is 0.000141. The second kappa shape index (κ2) is 9.58. The Morgan fingerprint density at radius 1 is 1.30 bits per heavy atom. The van der Waals surface area contributed by atoms with Crippen molar-refractivity contribution in [1.82, 2.24) is 15.2 Å². The number of aromatic nitrogens is 1. The Morgan fingerprint density at radius 3 is 2.70 bits per heavy atom. The highest BCUT2D eigenvalue weighted by Crippen LogP contribution is 2.23. The van der Waals surface area contributed by atoms with Crippen molar-refractivity contribution < 1.29 is 14.3 Å². The summed E-state index contributed by atoms with van der Waals surface area (Å²) in [7, 11) is 3.24. The van der Waals surface area contributed by atoms with Crippen molar-refractivity contribution in [3.63, 3.8) is 0 Å². The van der Waals surface area contributed by atoms with Gasteiger partial charge in [0.25, 0.3) is 0 Å². The lowest BCUT2D eigenvalue weighted by Crippen LogP contribution is -2.46.